The van der Waals surface area contributed by atoms with Crippen molar-refractivity contribution in [3.05, 3.63) is 54.0 Å². The van der Waals surface area contributed by atoms with Gasteiger partial charge in [0.05, 0.1) is 20.3 Å². The SMILES string of the molecule is COc1ccc(OC)c(CCC(=O)N2CCCC2c2nnc3ccccn23)c1. The van der Waals surface area contributed by atoms with E-state index in [1.54, 1.807) is 14.2 Å². The molecule has 0 aliphatic carbocycles. The van der Waals surface area contributed by atoms with E-state index >= 15 is 0 Å². The molecule has 0 bridgehead atoms. The van der Waals surface area contributed by atoms with Gasteiger partial charge in [0, 0.05) is 19.2 Å². The van der Waals surface area contributed by atoms with Gasteiger partial charge in [-0.15, -0.1) is 10.2 Å². The van der Waals surface area contributed by atoms with E-state index in [-0.39, 0.29) is 11.9 Å². The fraction of sp³-hybridized carbons (Fsp3) is 0.381. The normalized spacial score (nSPS) is 16.5. The van der Waals surface area contributed by atoms with Crippen LogP contribution in [0.2, 0.25) is 0 Å². The van der Waals surface area contributed by atoms with Crippen molar-refractivity contribution in [3.8, 4) is 11.5 Å². The molecule has 1 aliphatic rings. The Morgan fingerprint density at radius 1 is 1.18 bits per heavy atom. The third-order valence-electron chi connectivity index (χ3n) is 5.31. The fourth-order valence-electron chi connectivity index (χ4n) is 3.88. The van der Waals surface area contributed by atoms with E-state index in [9.17, 15) is 4.79 Å². The molecule has 1 unspecified atom stereocenters. The van der Waals surface area contributed by atoms with Crippen molar-refractivity contribution in [1.29, 1.82) is 0 Å². The second-order valence-corrected chi connectivity index (χ2v) is 6.91. The molecule has 0 radical (unpaired) electrons. The number of likely N-dealkylation sites (tertiary alicyclic amines) is 1. The number of methoxy groups -OCH3 is 2. The Kier molecular flexibility index (Phi) is 5.14. The molecule has 1 aliphatic heterocycles. The smallest absolute Gasteiger partial charge is 0.223 e. The maximum Gasteiger partial charge on any atom is 0.223 e. The van der Waals surface area contributed by atoms with Crippen LogP contribution in [0.25, 0.3) is 5.65 Å². The predicted octanol–water partition coefficient (Wildman–Crippen LogP) is 3.04. The van der Waals surface area contributed by atoms with Gasteiger partial charge in [-0.3, -0.25) is 9.20 Å². The number of pyridine rings is 1. The first-order chi connectivity index (χ1) is 13.7. The molecule has 0 spiro atoms. The van der Waals surface area contributed by atoms with Gasteiger partial charge >= 0.3 is 0 Å². The van der Waals surface area contributed by atoms with Crippen LogP contribution in [-0.4, -0.2) is 46.2 Å². The molecule has 7 nitrogen and oxygen atoms in total. The summed E-state index contributed by atoms with van der Waals surface area (Å²) in [6.07, 6.45) is 4.84. The Balaban J connectivity index is 1.50. The van der Waals surface area contributed by atoms with Gasteiger partial charge in [-0.25, -0.2) is 0 Å². The highest BCUT2D eigenvalue weighted by Crippen LogP contribution is 2.32. The Morgan fingerprint density at radius 3 is 2.89 bits per heavy atom. The van der Waals surface area contributed by atoms with Crippen LogP contribution in [0.3, 0.4) is 0 Å². The summed E-state index contributed by atoms with van der Waals surface area (Å²) in [5.74, 6) is 2.49. The van der Waals surface area contributed by atoms with Gasteiger partial charge in [-0.05, 0) is 55.2 Å². The van der Waals surface area contributed by atoms with Crippen LogP contribution in [0.15, 0.2) is 42.6 Å². The number of hydrogen-bond acceptors (Lipinski definition) is 5. The quantitative estimate of drug-likeness (QED) is 0.657. The minimum absolute atomic E-state index is 0.0305. The van der Waals surface area contributed by atoms with Crippen LogP contribution in [0.4, 0.5) is 0 Å². The molecule has 28 heavy (non-hydrogen) atoms. The molecule has 1 aromatic carbocycles. The van der Waals surface area contributed by atoms with E-state index in [0.29, 0.717) is 12.8 Å². The van der Waals surface area contributed by atoms with Crippen LogP contribution in [0, 0.1) is 0 Å². The number of amides is 1. The average molecular weight is 380 g/mol. The van der Waals surface area contributed by atoms with Crippen LogP contribution in [-0.2, 0) is 11.2 Å². The molecule has 2 aromatic heterocycles. The van der Waals surface area contributed by atoms with Gasteiger partial charge in [0.2, 0.25) is 5.91 Å². The molecule has 4 rings (SSSR count). The summed E-state index contributed by atoms with van der Waals surface area (Å²) in [5.41, 5.74) is 1.77. The van der Waals surface area contributed by atoms with Gasteiger partial charge in [-0.2, -0.15) is 0 Å². The lowest BCUT2D eigenvalue weighted by Gasteiger charge is -2.23. The summed E-state index contributed by atoms with van der Waals surface area (Å²) in [7, 11) is 3.27. The number of rotatable bonds is 6. The van der Waals surface area contributed by atoms with Crippen molar-refractivity contribution in [3.63, 3.8) is 0 Å². The van der Waals surface area contributed by atoms with Crippen molar-refractivity contribution in [2.75, 3.05) is 20.8 Å². The van der Waals surface area contributed by atoms with Crippen molar-refractivity contribution in [2.45, 2.75) is 31.7 Å². The summed E-state index contributed by atoms with van der Waals surface area (Å²) in [4.78, 5) is 15.0. The molecular weight excluding hydrogens is 356 g/mol. The maximum absolute atomic E-state index is 13.0. The van der Waals surface area contributed by atoms with E-state index in [4.69, 9.17) is 9.47 Å². The number of ether oxygens (including phenoxy) is 2. The Labute approximate surface area is 163 Å². The van der Waals surface area contributed by atoms with Crippen LogP contribution in [0.1, 0.15) is 36.7 Å². The standard InChI is InChI=1S/C21H24N4O3/c1-27-16-9-10-18(28-2)15(14-16)8-11-20(26)24-13-5-6-17(24)21-23-22-19-7-3-4-12-25(19)21/h3-4,7,9-10,12,14,17H,5-6,8,11,13H2,1-2H3. The molecule has 0 N–H and O–H groups in total. The number of benzene rings is 1. The monoisotopic (exact) mass is 380 g/mol. The second-order valence-electron chi connectivity index (χ2n) is 6.91. The molecule has 1 amide bonds. The fourth-order valence-corrected chi connectivity index (χ4v) is 3.88. The van der Waals surface area contributed by atoms with Gasteiger partial charge in [0.25, 0.3) is 0 Å². The summed E-state index contributed by atoms with van der Waals surface area (Å²) in [5, 5.41) is 8.60. The van der Waals surface area contributed by atoms with Gasteiger partial charge in [-0.1, -0.05) is 6.07 Å². The molecule has 7 heteroatoms. The lowest BCUT2D eigenvalue weighted by atomic mass is 10.1. The largest absolute Gasteiger partial charge is 0.497 e. The number of fused-ring (bicyclic) bond motifs is 1. The van der Waals surface area contributed by atoms with Crippen LogP contribution >= 0.6 is 0 Å². The zero-order chi connectivity index (χ0) is 19.5. The molecule has 3 heterocycles. The average Bonchev–Trinajstić information content (AvgIpc) is 3.38. The first-order valence-electron chi connectivity index (χ1n) is 9.51. The van der Waals surface area contributed by atoms with E-state index in [0.717, 1.165) is 47.9 Å². The summed E-state index contributed by atoms with van der Waals surface area (Å²) < 4.78 is 12.7. The highest BCUT2D eigenvalue weighted by molar-refractivity contribution is 5.77. The number of nitrogens with zero attached hydrogens (tertiary/aromatic N) is 4. The minimum atomic E-state index is -0.0305. The summed E-state index contributed by atoms with van der Waals surface area (Å²) in [6.45, 7) is 0.750. The van der Waals surface area contributed by atoms with Crippen molar-refractivity contribution in [2.24, 2.45) is 0 Å². The highest BCUT2D eigenvalue weighted by Gasteiger charge is 2.33. The number of aromatic nitrogens is 3. The molecule has 3 aromatic rings. The minimum Gasteiger partial charge on any atom is -0.497 e. The van der Waals surface area contributed by atoms with Gasteiger partial charge < -0.3 is 14.4 Å². The Morgan fingerprint density at radius 2 is 2.07 bits per heavy atom. The van der Waals surface area contributed by atoms with Crippen LogP contribution < -0.4 is 9.47 Å². The number of aryl methyl sites for hydroxylation is 1. The molecular formula is C21H24N4O3. The number of carbonyl (C=O) groups is 1. The lowest BCUT2D eigenvalue weighted by Crippen LogP contribution is -2.31. The van der Waals surface area contributed by atoms with E-state index in [2.05, 4.69) is 10.2 Å². The van der Waals surface area contributed by atoms with Crippen LogP contribution in [0.5, 0.6) is 11.5 Å². The van der Waals surface area contributed by atoms with Crippen molar-refractivity contribution < 1.29 is 14.3 Å². The summed E-state index contributed by atoms with van der Waals surface area (Å²) >= 11 is 0. The first kappa shape index (κ1) is 18.3. The second kappa shape index (κ2) is 7.88. The zero-order valence-corrected chi connectivity index (χ0v) is 16.2. The molecule has 1 atom stereocenters. The van der Waals surface area contributed by atoms with Crippen molar-refractivity contribution >= 4 is 11.6 Å². The zero-order valence-electron chi connectivity index (χ0n) is 16.2. The topological polar surface area (TPSA) is 69.0 Å². The molecule has 1 saturated heterocycles. The molecule has 1 fully saturated rings. The number of carbonyl (C=O) groups excluding carboxylic acids is 1. The molecule has 146 valence electrons. The first-order valence-corrected chi connectivity index (χ1v) is 9.51. The predicted molar refractivity (Wildman–Crippen MR) is 105 cm³/mol. The lowest BCUT2D eigenvalue weighted by molar-refractivity contribution is -0.132. The van der Waals surface area contributed by atoms with Gasteiger partial charge in [0.15, 0.2) is 11.5 Å². The highest BCUT2D eigenvalue weighted by atomic mass is 16.5. The van der Waals surface area contributed by atoms with E-state index in [1.807, 2.05) is 51.9 Å². The van der Waals surface area contributed by atoms with E-state index in [1.165, 1.54) is 0 Å². The summed E-state index contributed by atoms with van der Waals surface area (Å²) in [6, 6.07) is 11.4. The maximum atomic E-state index is 13.0. The molecule has 0 saturated carbocycles. The van der Waals surface area contributed by atoms with Gasteiger partial charge in [0.1, 0.15) is 11.5 Å². The van der Waals surface area contributed by atoms with Crippen molar-refractivity contribution in [1.82, 2.24) is 19.5 Å². The Hall–Kier alpha value is -3.09. The Bertz CT molecular complexity index is 985. The van der Waals surface area contributed by atoms with E-state index < -0.39 is 0 Å². The third-order valence-corrected chi connectivity index (χ3v) is 5.31. The number of hydrogen-bond donors (Lipinski definition) is 0. The third kappa shape index (κ3) is 3.40.